The lowest BCUT2D eigenvalue weighted by atomic mass is 10.2. The number of para-hydroxylation sites is 1. The van der Waals surface area contributed by atoms with Gasteiger partial charge in [0.25, 0.3) is 5.69 Å². The minimum absolute atomic E-state index is 0.119. The number of aryl methyl sites for hydroxylation is 1. The van der Waals surface area contributed by atoms with Gasteiger partial charge in [-0.3, -0.25) is 10.1 Å². The van der Waals surface area contributed by atoms with Crippen LogP contribution in [0.2, 0.25) is 0 Å². The summed E-state index contributed by atoms with van der Waals surface area (Å²) in [6.07, 6.45) is 0. The van der Waals surface area contributed by atoms with Crippen molar-refractivity contribution in [3.63, 3.8) is 0 Å². The first-order chi connectivity index (χ1) is 12.8. The zero-order valence-corrected chi connectivity index (χ0v) is 16.3. The average molecular weight is 393 g/mol. The van der Waals surface area contributed by atoms with E-state index in [1.165, 1.54) is 19.2 Å². The molecule has 9 heteroatoms. The summed E-state index contributed by atoms with van der Waals surface area (Å²) in [5, 5.41) is 11.2. The maximum atomic E-state index is 12.6. The smallest absolute Gasteiger partial charge is 0.293 e. The highest BCUT2D eigenvalue weighted by atomic mass is 32.2. The van der Waals surface area contributed by atoms with E-state index in [2.05, 4.69) is 4.72 Å². The number of anilines is 1. The second kappa shape index (κ2) is 8.83. The molecule has 1 N–H and O–H groups in total. The fourth-order valence-corrected chi connectivity index (χ4v) is 3.93. The molecular formula is C18H23N3O5S. The number of ether oxygens (including phenoxy) is 1. The van der Waals surface area contributed by atoms with Crippen molar-refractivity contribution >= 4 is 21.4 Å². The predicted molar refractivity (Wildman–Crippen MR) is 104 cm³/mol. The van der Waals surface area contributed by atoms with E-state index in [-0.39, 0.29) is 17.2 Å². The monoisotopic (exact) mass is 393 g/mol. The molecule has 2 aromatic carbocycles. The molecule has 0 fully saturated rings. The fraction of sp³-hybridized carbons (Fsp3) is 0.333. The van der Waals surface area contributed by atoms with Crippen molar-refractivity contribution in [2.75, 3.05) is 31.6 Å². The van der Waals surface area contributed by atoms with Gasteiger partial charge in [-0.2, -0.15) is 0 Å². The molecule has 0 spiro atoms. The van der Waals surface area contributed by atoms with E-state index in [1.54, 1.807) is 0 Å². The van der Waals surface area contributed by atoms with Gasteiger partial charge in [-0.05, 0) is 37.6 Å². The first kappa shape index (κ1) is 20.7. The lowest BCUT2D eigenvalue weighted by Crippen LogP contribution is -2.35. The number of benzene rings is 2. The molecule has 0 aromatic heterocycles. The number of rotatable bonds is 9. The molecule has 2 rings (SSSR count). The highest BCUT2D eigenvalue weighted by Crippen LogP contribution is 2.28. The first-order valence-corrected chi connectivity index (χ1v) is 9.91. The molecule has 0 radical (unpaired) electrons. The number of hydrogen-bond donors (Lipinski definition) is 1. The lowest BCUT2D eigenvalue weighted by molar-refractivity contribution is -0.387. The van der Waals surface area contributed by atoms with Crippen LogP contribution in [-0.4, -0.2) is 40.1 Å². The van der Waals surface area contributed by atoms with Gasteiger partial charge >= 0.3 is 0 Å². The molecule has 0 saturated carbocycles. The van der Waals surface area contributed by atoms with Crippen LogP contribution in [0, 0.1) is 17.0 Å². The van der Waals surface area contributed by atoms with Gasteiger partial charge in [0.05, 0.1) is 18.1 Å². The van der Waals surface area contributed by atoms with Gasteiger partial charge in [0.15, 0.2) is 4.90 Å². The summed E-state index contributed by atoms with van der Waals surface area (Å²) in [6.45, 7) is 5.23. The Morgan fingerprint density at radius 1 is 1.22 bits per heavy atom. The second-order valence-corrected chi connectivity index (χ2v) is 7.59. The van der Waals surface area contributed by atoms with Crippen LogP contribution in [0.3, 0.4) is 0 Å². The predicted octanol–water partition coefficient (Wildman–Crippen LogP) is 2.72. The van der Waals surface area contributed by atoms with Crippen LogP contribution in [0.1, 0.15) is 12.5 Å². The Hall–Kier alpha value is -2.65. The third-order valence-corrected chi connectivity index (χ3v) is 5.67. The number of hydrogen-bond acceptors (Lipinski definition) is 6. The van der Waals surface area contributed by atoms with E-state index < -0.39 is 20.6 Å². The molecule has 2 aromatic rings. The molecule has 0 aliphatic rings. The number of nitro benzene ring substituents is 1. The highest BCUT2D eigenvalue weighted by Gasteiger charge is 2.26. The minimum Gasteiger partial charge on any atom is -0.497 e. The topological polar surface area (TPSA) is 102 Å². The van der Waals surface area contributed by atoms with Crippen LogP contribution in [0.25, 0.3) is 0 Å². The maximum absolute atomic E-state index is 12.6. The van der Waals surface area contributed by atoms with Gasteiger partial charge in [-0.15, -0.1) is 0 Å². The van der Waals surface area contributed by atoms with Crippen LogP contribution >= 0.6 is 0 Å². The van der Waals surface area contributed by atoms with E-state index in [0.29, 0.717) is 13.1 Å². The van der Waals surface area contributed by atoms with E-state index >= 15 is 0 Å². The van der Waals surface area contributed by atoms with Crippen LogP contribution in [-0.2, 0) is 10.0 Å². The van der Waals surface area contributed by atoms with Crippen molar-refractivity contribution in [1.29, 1.82) is 0 Å². The van der Waals surface area contributed by atoms with E-state index in [4.69, 9.17) is 4.74 Å². The van der Waals surface area contributed by atoms with Crippen molar-refractivity contribution in [2.24, 2.45) is 0 Å². The lowest BCUT2D eigenvalue weighted by Gasteiger charge is -2.25. The zero-order chi connectivity index (χ0) is 20.0. The number of nitrogens with one attached hydrogen (secondary N) is 1. The quantitative estimate of drug-likeness (QED) is 0.519. The largest absolute Gasteiger partial charge is 0.497 e. The van der Waals surface area contributed by atoms with Gasteiger partial charge < -0.3 is 9.64 Å². The standard InChI is InChI=1S/C18H23N3O5S/c1-4-20(16-8-6-5-7-14(16)2)12-11-19-27(24,25)18-10-9-15(26-3)13-17(18)21(22)23/h5-10,13,19H,4,11-12H2,1-3H3. The SMILES string of the molecule is CCN(CCNS(=O)(=O)c1ccc(OC)cc1[N+](=O)[O-])c1ccccc1C. The molecule has 146 valence electrons. The summed E-state index contributed by atoms with van der Waals surface area (Å²) in [5.41, 5.74) is 1.59. The van der Waals surface area contributed by atoms with Crippen molar-refractivity contribution < 1.29 is 18.1 Å². The summed E-state index contributed by atoms with van der Waals surface area (Å²) in [7, 11) is -2.67. The maximum Gasteiger partial charge on any atom is 0.293 e. The Balaban J connectivity index is 2.15. The van der Waals surface area contributed by atoms with Crippen molar-refractivity contribution in [1.82, 2.24) is 4.72 Å². The van der Waals surface area contributed by atoms with Gasteiger partial charge in [-0.25, -0.2) is 13.1 Å². The van der Waals surface area contributed by atoms with Gasteiger partial charge in [-0.1, -0.05) is 18.2 Å². The highest BCUT2D eigenvalue weighted by molar-refractivity contribution is 7.89. The average Bonchev–Trinajstić information content (AvgIpc) is 2.65. The van der Waals surface area contributed by atoms with Gasteiger partial charge in [0.2, 0.25) is 10.0 Å². The molecule has 0 unspecified atom stereocenters. The van der Waals surface area contributed by atoms with Gasteiger partial charge in [0, 0.05) is 25.3 Å². The molecule has 0 bridgehead atoms. The van der Waals surface area contributed by atoms with Gasteiger partial charge in [0.1, 0.15) is 5.75 Å². The number of nitrogens with zero attached hydrogens (tertiary/aromatic N) is 2. The molecule has 0 amide bonds. The molecular weight excluding hydrogens is 370 g/mol. The van der Waals surface area contributed by atoms with Crippen LogP contribution in [0.4, 0.5) is 11.4 Å². The molecule has 0 aliphatic heterocycles. The van der Waals surface area contributed by atoms with Crippen molar-refractivity contribution in [2.45, 2.75) is 18.7 Å². The molecule has 0 saturated heterocycles. The number of nitro groups is 1. The van der Waals surface area contributed by atoms with Crippen LogP contribution in [0.15, 0.2) is 47.4 Å². The first-order valence-electron chi connectivity index (χ1n) is 8.42. The van der Waals surface area contributed by atoms with E-state index in [9.17, 15) is 18.5 Å². The Bertz CT molecular complexity index is 915. The number of likely N-dealkylation sites (N-methyl/N-ethyl adjacent to an activating group) is 1. The van der Waals surface area contributed by atoms with E-state index in [0.717, 1.165) is 17.3 Å². The summed E-state index contributed by atoms with van der Waals surface area (Å²) in [6, 6.07) is 11.5. The molecule has 27 heavy (non-hydrogen) atoms. The molecule has 0 atom stereocenters. The summed E-state index contributed by atoms with van der Waals surface area (Å²) in [5.74, 6) is 0.220. The zero-order valence-electron chi connectivity index (χ0n) is 15.5. The Labute approximate surface area is 159 Å². The Morgan fingerprint density at radius 2 is 1.93 bits per heavy atom. The molecule has 8 nitrogen and oxygen atoms in total. The van der Waals surface area contributed by atoms with Crippen LogP contribution in [0.5, 0.6) is 5.75 Å². The van der Waals surface area contributed by atoms with Crippen molar-refractivity contribution in [3.8, 4) is 5.75 Å². The molecule has 0 aliphatic carbocycles. The normalized spacial score (nSPS) is 11.2. The minimum atomic E-state index is -4.03. The number of methoxy groups -OCH3 is 1. The second-order valence-electron chi connectivity index (χ2n) is 5.85. The summed E-state index contributed by atoms with van der Waals surface area (Å²) < 4.78 is 32.5. The van der Waals surface area contributed by atoms with E-state index in [1.807, 2.05) is 43.0 Å². The number of sulfonamides is 1. The Kier molecular flexibility index (Phi) is 6.75. The fourth-order valence-electron chi connectivity index (χ4n) is 2.75. The summed E-state index contributed by atoms with van der Waals surface area (Å²) in [4.78, 5) is 12.2. The Morgan fingerprint density at radius 3 is 2.52 bits per heavy atom. The third-order valence-electron chi connectivity index (χ3n) is 4.16. The van der Waals surface area contributed by atoms with Crippen LogP contribution < -0.4 is 14.4 Å². The molecule has 0 heterocycles. The third kappa shape index (κ3) is 4.95. The summed E-state index contributed by atoms with van der Waals surface area (Å²) >= 11 is 0. The van der Waals surface area contributed by atoms with Crippen molar-refractivity contribution in [3.05, 3.63) is 58.1 Å².